The van der Waals surface area contributed by atoms with Gasteiger partial charge in [0.1, 0.15) is 12.2 Å². The number of thiocarbonyl (C=S) groups is 2. The van der Waals surface area contributed by atoms with Crippen LogP contribution >= 0.6 is 24.4 Å². The molecule has 0 radical (unpaired) electrons. The van der Waals surface area contributed by atoms with E-state index in [-0.39, 0.29) is 12.2 Å². The van der Waals surface area contributed by atoms with Crippen molar-refractivity contribution < 1.29 is 38.9 Å². The lowest BCUT2D eigenvalue weighted by Gasteiger charge is -2.16. The van der Waals surface area contributed by atoms with Gasteiger partial charge in [-0.15, -0.1) is 0 Å². The Kier molecular flexibility index (Phi) is 11.5. The highest BCUT2D eigenvalue weighted by molar-refractivity contribution is 7.80. The molecule has 2 aromatic rings. The highest BCUT2D eigenvalue weighted by atomic mass is 32.1. The van der Waals surface area contributed by atoms with Crippen LogP contribution in [0.2, 0.25) is 0 Å². The lowest BCUT2D eigenvalue weighted by atomic mass is 10.1. The summed E-state index contributed by atoms with van der Waals surface area (Å²) in [6.07, 6.45) is -1.97. The quantitative estimate of drug-likeness (QED) is 0.327. The van der Waals surface area contributed by atoms with Gasteiger partial charge in [0, 0.05) is 31.0 Å². The summed E-state index contributed by atoms with van der Waals surface area (Å²) >= 11 is 9.49. The number of cyclic esters (lactones) is 2. The highest BCUT2D eigenvalue weighted by Gasteiger charge is 2.34. The molecule has 4 aliphatic heterocycles. The van der Waals surface area contributed by atoms with Gasteiger partial charge < -0.3 is 30.7 Å². The van der Waals surface area contributed by atoms with Gasteiger partial charge in [0.15, 0.2) is 0 Å². The van der Waals surface area contributed by atoms with Crippen LogP contribution in [0.4, 0.5) is 41.9 Å². The van der Waals surface area contributed by atoms with Crippen molar-refractivity contribution in [2.75, 3.05) is 58.9 Å². The third-order valence-electron chi connectivity index (χ3n) is 7.59. The molecule has 0 unspecified atom stereocenters. The average Bonchev–Trinajstić information content (AvgIpc) is 3.79. The van der Waals surface area contributed by atoms with E-state index >= 15 is 0 Å². The summed E-state index contributed by atoms with van der Waals surface area (Å²) < 4.78 is 10.4. The van der Waals surface area contributed by atoms with E-state index in [4.69, 9.17) is 37.6 Å². The fraction of sp³-hybridized carbons (Fsp3) is 0.419. The Morgan fingerprint density at radius 3 is 1.64 bits per heavy atom. The minimum atomic E-state index is -0.959. The van der Waals surface area contributed by atoms with Gasteiger partial charge in [-0.3, -0.25) is 19.6 Å². The van der Waals surface area contributed by atoms with E-state index in [0.29, 0.717) is 68.5 Å². The Morgan fingerprint density at radius 2 is 1.26 bits per heavy atom. The van der Waals surface area contributed by atoms with Crippen molar-refractivity contribution in [3.05, 3.63) is 47.5 Å². The molecule has 6 rings (SSSR count). The van der Waals surface area contributed by atoms with Crippen molar-refractivity contribution >= 4 is 81.4 Å². The number of amides is 4. The van der Waals surface area contributed by atoms with Crippen LogP contribution in [0.15, 0.2) is 36.4 Å². The molecule has 16 heteroatoms. The number of benzene rings is 2. The van der Waals surface area contributed by atoms with Crippen LogP contribution in [0.25, 0.3) is 0 Å². The Labute approximate surface area is 283 Å². The Bertz CT molecular complexity index is 1570. The van der Waals surface area contributed by atoms with Gasteiger partial charge in [0.2, 0.25) is 0 Å². The van der Waals surface area contributed by atoms with Crippen molar-refractivity contribution in [3.63, 3.8) is 0 Å². The van der Waals surface area contributed by atoms with Crippen molar-refractivity contribution in [1.82, 2.24) is 5.32 Å². The smallest absolute Gasteiger partial charge is 0.414 e. The first-order valence-electron chi connectivity index (χ1n) is 14.9. The SMILES string of the molecule is CC(=S)NC[C@H]1CN(c2ccc3c(c2)CCN3C(=O)O)C(=O)O1.CC(C)=S.NC[C@H]1CN(c2ccc3c(c2)CCN3C(=O)O)C(=O)O1. The number of hydrogen-bond acceptors (Lipinski definition) is 9. The third kappa shape index (κ3) is 8.64. The molecule has 2 atom stereocenters. The highest BCUT2D eigenvalue weighted by Crippen LogP contribution is 2.34. The average molecular weight is 687 g/mol. The predicted octanol–water partition coefficient (Wildman–Crippen LogP) is 4.40. The minimum Gasteiger partial charge on any atom is -0.465 e. The zero-order valence-corrected chi connectivity index (χ0v) is 27.9. The maximum Gasteiger partial charge on any atom is 0.414 e. The number of rotatable bonds is 5. The largest absolute Gasteiger partial charge is 0.465 e. The second-order valence-corrected chi connectivity index (χ2v) is 12.7. The molecule has 2 saturated heterocycles. The molecular formula is C31H38N6O8S2. The number of fused-ring (bicyclic) bond motifs is 2. The van der Waals surface area contributed by atoms with Crippen LogP contribution in [0.5, 0.6) is 0 Å². The van der Waals surface area contributed by atoms with Crippen LogP contribution in [0, 0.1) is 0 Å². The summed E-state index contributed by atoms with van der Waals surface area (Å²) in [7, 11) is 0. The standard InChI is InChI=1S/C15H17N3O4S.C13H15N3O4.C3H6S/c1-9(23)16-7-12-8-18(15(21)22-12)11-2-3-13-10(6-11)4-5-17(13)14(19)20;14-6-10-7-16(13(19)20-10)9-1-2-11-8(5-9)3-4-15(11)12(17)18;1-3(2)4/h2-3,6,12H,4-5,7-8H2,1H3,(H,16,23)(H,19,20);1-2,5,10H,3-4,6-7,14H2,(H,17,18);1-2H3/t12-;10-;/m00./s1. The molecular weight excluding hydrogens is 649 g/mol. The number of nitrogens with one attached hydrogen (secondary N) is 1. The van der Waals surface area contributed by atoms with Gasteiger partial charge in [0.25, 0.3) is 0 Å². The van der Waals surface area contributed by atoms with Gasteiger partial charge in [-0.1, -0.05) is 24.4 Å². The number of ether oxygens (including phenoxy) is 2. The number of nitrogens with two attached hydrogens (primary N) is 1. The summed E-state index contributed by atoms with van der Waals surface area (Å²) in [5.41, 5.74) is 10.2. The molecule has 2 aromatic carbocycles. The molecule has 0 aromatic heterocycles. The molecule has 5 N–H and O–H groups in total. The Balaban J connectivity index is 0.000000193. The van der Waals surface area contributed by atoms with Crippen LogP contribution in [0.3, 0.4) is 0 Å². The summed E-state index contributed by atoms with van der Waals surface area (Å²) in [5.74, 6) is 0. The molecule has 0 aliphatic carbocycles. The molecule has 2 fully saturated rings. The normalized spacial score (nSPS) is 19.1. The molecule has 4 aliphatic rings. The maximum atomic E-state index is 12.0. The van der Waals surface area contributed by atoms with E-state index in [1.54, 1.807) is 36.1 Å². The molecule has 4 heterocycles. The second-order valence-electron chi connectivity index (χ2n) is 11.3. The number of carboxylic acid groups (broad SMARTS) is 2. The molecule has 0 spiro atoms. The van der Waals surface area contributed by atoms with Crippen LogP contribution in [-0.4, -0.2) is 95.9 Å². The number of nitrogens with zero attached hydrogens (tertiary/aromatic N) is 4. The first kappa shape index (κ1) is 35.3. The molecule has 0 bridgehead atoms. The second kappa shape index (κ2) is 15.4. The first-order valence-corrected chi connectivity index (χ1v) is 15.7. The Hall–Kier alpha value is -4.54. The van der Waals surface area contributed by atoms with E-state index in [1.165, 1.54) is 14.7 Å². The monoisotopic (exact) mass is 686 g/mol. The van der Waals surface area contributed by atoms with Crippen LogP contribution in [0.1, 0.15) is 31.9 Å². The molecule has 0 saturated carbocycles. The fourth-order valence-corrected chi connectivity index (χ4v) is 5.54. The summed E-state index contributed by atoms with van der Waals surface area (Å²) in [6.45, 7) is 8.11. The van der Waals surface area contributed by atoms with Gasteiger partial charge in [-0.2, -0.15) is 0 Å². The summed E-state index contributed by atoms with van der Waals surface area (Å²) in [5, 5.41) is 21.2. The van der Waals surface area contributed by atoms with E-state index in [0.717, 1.165) is 27.4 Å². The number of hydrogen-bond donors (Lipinski definition) is 4. The maximum absolute atomic E-state index is 12.0. The zero-order valence-electron chi connectivity index (χ0n) is 26.3. The van der Waals surface area contributed by atoms with Gasteiger partial charge in [-0.05, 0) is 86.0 Å². The van der Waals surface area contributed by atoms with E-state index < -0.39 is 24.4 Å². The van der Waals surface area contributed by atoms with E-state index in [9.17, 15) is 19.2 Å². The molecule has 47 heavy (non-hydrogen) atoms. The lowest BCUT2D eigenvalue weighted by molar-refractivity contribution is 0.142. The number of carbonyl (C=O) groups excluding carboxylic acids is 2. The van der Waals surface area contributed by atoms with Crippen LogP contribution < -0.4 is 30.7 Å². The summed E-state index contributed by atoms with van der Waals surface area (Å²) in [6, 6.07) is 10.7. The van der Waals surface area contributed by atoms with E-state index in [2.05, 4.69) is 17.5 Å². The first-order chi connectivity index (χ1) is 22.3. The molecule has 252 valence electrons. The Morgan fingerprint density at radius 1 is 0.830 bits per heavy atom. The number of carbonyl (C=O) groups is 4. The van der Waals surface area contributed by atoms with E-state index in [1.807, 2.05) is 26.0 Å². The van der Waals surface area contributed by atoms with Crippen molar-refractivity contribution in [1.29, 1.82) is 0 Å². The third-order valence-corrected chi connectivity index (χ3v) is 7.74. The lowest BCUT2D eigenvalue weighted by Crippen LogP contribution is -2.32. The topological polar surface area (TPSA) is 178 Å². The van der Waals surface area contributed by atoms with Crippen LogP contribution in [-0.2, 0) is 22.3 Å². The zero-order chi connectivity index (χ0) is 34.4. The van der Waals surface area contributed by atoms with Crippen molar-refractivity contribution in [2.24, 2.45) is 5.73 Å². The molecule has 14 nitrogen and oxygen atoms in total. The predicted molar refractivity (Wildman–Crippen MR) is 186 cm³/mol. The van der Waals surface area contributed by atoms with Crippen molar-refractivity contribution in [3.8, 4) is 0 Å². The van der Waals surface area contributed by atoms with Gasteiger partial charge in [0.05, 0.1) is 36.0 Å². The minimum absolute atomic E-state index is 0.260. The van der Waals surface area contributed by atoms with Gasteiger partial charge in [-0.25, -0.2) is 19.2 Å². The van der Waals surface area contributed by atoms with Crippen molar-refractivity contribution in [2.45, 2.75) is 45.8 Å². The van der Waals surface area contributed by atoms with Gasteiger partial charge >= 0.3 is 24.4 Å². The molecule has 4 amide bonds. The number of anilines is 4. The summed E-state index contributed by atoms with van der Waals surface area (Å²) in [4.78, 5) is 53.4. The fourth-order valence-electron chi connectivity index (χ4n) is 5.46.